The number of aliphatic carboxylic acids is 1. The van der Waals surface area contributed by atoms with E-state index in [1.54, 1.807) is 0 Å². The molecule has 0 aromatic rings. The molecule has 1 aliphatic carbocycles. The Morgan fingerprint density at radius 1 is 1.24 bits per heavy atom. The van der Waals surface area contributed by atoms with Gasteiger partial charge in [0.15, 0.2) is 0 Å². The Bertz CT molecular complexity index is 432. The number of carboxylic acid groups (broad SMARTS) is 1. The van der Waals surface area contributed by atoms with Gasteiger partial charge in [-0.1, -0.05) is 12.8 Å². The standard InChI is InChI=1S/C15H23N3O3/c16-8-3-9-17-14(19)10-18-12-5-2-1-4-11(12)6-7-13(18)15(20)21/h11-13H,1-7,9-10H2,(H,17,19)(H,20,21). The van der Waals surface area contributed by atoms with Crippen molar-refractivity contribution >= 4 is 11.9 Å². The first-order valence-corrected chi connectivity index (χ1v) is 7.75. The van der Waals surface area contributed by atoms with E-state index in [1.165, 1.54) is 6.42 Å². The maximum absolute atomic E-state index is 12.0. The molecule has 21 heavy (non-hydrogen) atoms. The molecule has 1 saturated heterocycles. The lowest BCUT2D eigenvalue weighted by Crippen LogP contribution is -2.57. The summed E-state index contributed by atoms with van der Waals surface area (Å²) in [6.45, 7) is 0.457. The average molecular weight is 293 g/mol. The zero-order chi connectivity index (χ0) is 15.2. The third-order valence-electron chi connectivity index (χ3n) is 4.68. The molecule has 6 heteroatoms. The molecule has 116 valence electrons. The van der Waals surface area contributed by atoms with Crippen molar-refractivity contribution in [1.29, 1.82) is 5.26 Å². The van der Waals surface area contributed by atoms with E-state index in [-0.39, 0.29) is 24.9 Å². The highest BCUT2D eigenvalue weighted by molar-refractivity contribution is 5.80. The van der Waals surface area contributed by atoms with E-state index in [2.05, 4.69) is 5.32 Å². The van der Waals surface area contributed by atoms with Gasteiger partial charge in [0, 0.05) is 12.6 Å². The molecule has 1 saturated carbocycles. The lowest BCUT2D eigenvalue weighted by atomic mass is 9.76. The smallest absolute Gasteiger partial charge is 0.320 e. The van der Waals surface area contributed by atoms with Crippen molar-refractivity contribution in [3.05, 3.63) is 0 Å². The number of hydrogen-bond acceptors (Lipinski definition) is 4. The van der Waals surface area contributed by atoms with E-state index in [0.29, 0.717) is 18.9 Å². The molecule has 1 heterocycles. The van der Waals surface area contributed by atoms with Crippen molar-refractivity contribution in [1.82, 2.24) is 10.2 Å². The quantitative estimate of drug-likeness (QED) is 0.741. The van der Waals surface area contributed by atoms with Crippen LogP contribution in [0.15, 0.2) is 0 Å². The number of amides is 1. The highest BCUT2D eigenvalue weighted by atomic mass is 16.4. The van der Waals surface area contributed by atoms with Crippen LogP contribution in [0.3, 0.4) is 0 Å². The zero-order valence-electron chi connectivity index (χ0n) is 12.3. The molecule has 2 rings (SSSR count). The molecule has 2 fully saturated rings. The van der Waals surface area contributed by atoms with Gasteiger partial charge in [0.25, 0.3) is 0 Å². The highest BCUT2D eigenvalue weighted by Crippen LogP contribution is 2.37. The minimum absolute atomic E-state index is 0.129. The number of rotatable bonds is 5. The Morgan fingerprint density at radius 3 is 2.71 bits per heavy atom. The van der Waals surface area contributed by atoms with E-state index < -0.39 is 12.0 Å². The van der Waals surface area contributed by atoms with Crippen LogP contribution in [0.25, 0.3) is 0 Å². The number of carbonyl (C=O) groups is 2. The van der Waals surface area contributed by atoms with Gasteiger partial charge >= 0.3 is 5.97 Å². The molecule has 2 aliphatic rings. The van der Waals surface area contributed by atoms with Crippen LogP contribution in [0.1, 0.15) is 44.9 Å². The average Bonchev–Trinajstić information content (AvgIpc) is 2.47. The summed E-state index contributed by atoms with van der Waals surface area (Å²) >= 11 is 0. The van der Waals surface area contributed by atoms with Gasteiger partial charge in [-0.05, 0) is 31.6 Å². The van der Waals surface area contributed by atoms with E-state index >= 15 is 0 Å². The molecule has 0 aromatic heterocycles. The number of nitriles is 1. The molecular formula is C15H23N3O3. The van der Waals surface area contributed by atoms with Gasteiger partial charge in [0.1, 0.15) is 6.04 Å². The molecule has 3 unspecified atom stereocenters. The number of fused-ring (bicyclic) bond motifs is 1. The van der Waals surface area contributed by atoms with E-state index in [1.807, 2.05) is 11.0 Å². The topological polar surface area (TPSA) is 93.4 Å². The van der Waals surface area contributed by atoms with Crippen molar-refractivity contribution in [2.45, 2.75) is 57.0 Å². The van der Waals surface area contributed by atoms with Gasteiger partial charge in [-0.15, -0.1) is 0 Å². The molecule has 2 N–H and O–H groups in total. The van der Waals surface area contributed by atoms with Crippen LogP contribution in [-0.4, -0.2) is 47.1 Å². The molecule has 0 spiro atoms. The first kappa shape index (κ1) is 15.8. The van der Waals surface area contributed by atoms with Gasteiger partial charge in [0.2, 0.25) is 5.91 Å². The third-order valence-corrected chi connectivity index (χ3v) is 4.68. The number of carbonyl (C=O) groups excluding carboxylic acids is 1. The molecule has 0 aromatic carbocycles. The minimum Gasteiger partial charge on any atom is -0.480 e. The number of nitrogens with one attached hydrogen (secondary N) is 1. The number of hydrogen-bond donors (Lipinski definition) is 2. The van der Waals surface area contributed by atoms with Crippen molar-refractivity contribution in [3.63, 3.8) is 0 Å². The van der Waals surface area contributed by atoms with E-state index in [4.69, 9.17) is 5.26 Å². The van der Waals surface area contributed by atoms with Crippen molar-refractivity contribution in [3.8, 4) is 6.07 Å². The third kappa shape index (κ3) is 3.94. The maximum Gasteiger partial charge on any atom is 0.320 e. The second kappa shape index (κ2) is 7.41. The number of nitrogens with zero attached hydrogens (tertiary/aromatic N) is 2. The number of likely N-dealkylation sites (tertiary alicyclic amines) is 1. The Morgan fingerprint density at radius 2 is 2.00 bits per heavy atom. The van der Waals surface area contributed by atoms with Gasteiger partial charge in [0.05, 0.1) is 19.0 Å². The first-order chi connectivity index (χ1) is 10.1. The number of carboxylic acids is 1. The summed E-state index contributed by atoms with van der Waals surface area (Å²) in [6, 6.07) is 1.64. The minimum atomic E-state index is -0.830. The predicted octanol–water partition coefficient (Wildman–Crippen LogP) is 1.12. The Kier molecular flexibility index (Phi) is 5.57. The molecule has 0 bridgehead atoms. The highest BCUT2D eigenvalue weighted by Gasteiger charge is 2.41. The predicted molar refractivity (Wildman–Crippen MR) is 76.3 cm³/mol. The fourth-order valence-corrected chi connectivity index (χ4v) is 3.70. The van der Waals surface area contributed by atoms with E-state index in [0.717, 1.165) is 25.7 Å². The summed E-state index contributed by atoms with van der Waals surface area (Å²) < 4.78 is 0. The van der Waals surface area contributed by atoms with Gasteiger partial charge < -0.3 is 10.4 Å². The second-order valence-corrected chi connectivity index (χ2v) is 5.97. The monoisotopic (exact) mass is 293 g/mol. The molecule has 1 amide bonds. The van der Waals surface area contributed by atoms with Crippen LogP contribution < -0.4 is 5.32 Å². The van der Waals surface area contributed by atoms with Crippen LogP contribution in [-0.2, 0) is 9.59 Å². The second-order valence-electron chi connectivity index (χ2n) is 5.97. The van der Waals surface area contributed by atoms with Gasteiger partial charge in [-0.3, -0.25) is 14.5 Å². The Balaban J connectivity index is 2.00. The summed E-state index contributed by atoms with van der Waals surface area (Å²) in [6.07, 6.45) is 6.31. The van der Waals surface area contributed by atoms with Crippen LogP contribution in [0, 0.1) is 17.2 Å². The largest absolute Gasteiger partial charge is 0.480 e. The van der Waals surface area contributed by atoms with Crippen molar-refractivity contribution < 1.29 is 14.7 Å². The molecule has 0 radical (unpaired) electrons. The normalized spacial score (nSPS) is 29.2. The molecule has 3 atom stereocenters. The summed E-state index contributed by atoms with van der Waals surface area (Å²) in [4.78, 5) is 25.3. The molecule has 6 nitrogen and oxygen atoms in total. The fraction of sp³-hybridized carbons (Fsp3) is 0.800. The maximum atomic E-state index is 12.0. The first-order valence-electron chi connectivity index (χ1n) is 7.75. The SMILES string of the molecule is N#CCCNC(=O)CN1C(C(=O)O)CCC2CCCCC21. The Labute approximate surface area is 125 Å². The number of piperidine rings is 1. The summed E-state index contributed by atoms with van der Waals surface area (Å²) in [5, 5.41) is 20.6. The van der Waals surface area contributed by atoms with Crippen LogP contribution in [0.2, 0.25) is 0 Å². The van der Waals surface area contributed by atoms with Crippen LogP contribution in [0.4, 0.5) is 0 Å². The Hall–Kier alpha value is -1.61. The van der Waals surface area contributed by atoms with Gasteiger partial charge in [-0.2, -0.15) is 5.26 Å². The lowest BCUT2D eigenvalue weighted by molar-refractivity contribution is -0.149. The van der Waals surface area contributed by atoms with Crippen molar-refractivity contribution in [2.75, 3.05) is 13.1 Å². The summed E-state index contributed by atoms with van der Waals surface area (Å²) in [7, 11) is 0. The summed E-state index contributed by atoms with van der Waals surface area (Å²) in [5.41, 5.74) is 0. The van der Waals surface area contributed by atoms with Crippen LogP contribution in [0.5, 0.6) is 0 Å². The zero-order valence-corrected chi connectivity index (χ0v) is 12.3. The van der Waals surface area contributed by atoms with E-state index in [9.17, 15) is 14.7 Å². The summed E-state index contributed by atoms with van der Waals surface area (Å²) in [5.74, 6) is -0.479. The molecular weight excluding hydrogens is 270 g/mol. The fourth-order valence-electron chi connectivity index (χ4n) is 3.70. The van der Waals surface area contributed by atoms with Crippen LogP contribution >= 0.6 is 0 Å². The van der Waals surface area contributed by atoms with Gasteiger partial charge in [-0.25, -0.2) is 0 Å². The lowest BCUT2D eigenvalue weighted by Gasteiger charge is -2.46. The van der Waals surface area contributed by atoms with Crippen molar-refractivity contribution in [2.24, 2.45) is 5.92 Å². The molecule has 1 aliphatic heterocycles.